The summed E-state index contributed by atoms with van der Waals surface area (Å²) in [5.74, 6) is 1.42. The summed E-state index contributed by atoms with van der Waals surface area (Å²) in [4.78, 5) is 4.42. The van der Waals surface area contributed by atoms with Crippen LogP contribution in [0, 0.1) is 0 Å². The fourth-order valence-corrected chi connectivity index (χ4v) is 2.69. The summed E-state index contributed by atoms with van der Waals surface area (Å²) in [7, 11) is 4.17. The summed E-state index contributed by atoms with van der Waals surface area (Å²) in [6, 6.07) is 4.31. The molecule has 0 aromatic carbocycles. The van der Waals surface area contributed by atoms with Gasteiger partial charge in [0.05, 0.1) is 5.69 Å². The van der Waals surface area contributed by atoms with Crippen molar-refractivity contribution in [2.45, 2.75) is 31.7 Å². The molecule has 2 unspecified atom stereocenters. The highest BCUT2D eigenvalue weighted by atomic mass is 15.3. The van der Waals surface area contributed by atoms with E-state index in [4.69, 9.17) is 5.73 Å². The summed E-state index contributed by atoms with van der Waals surface area (Å²) in [5.41, 5.74) is 6.91. The molecule has 1 aliphatic heterocycles. The third kappa shape index (κ3) is 3.88. The van der Waals surface area contributed by atoms with Gasteiger partial charge in [-0.15, -0.1) is 5.10 Å². The molecule has 0 saturated carbocycles. The molecule has 1 aromatic heterocycles. The van der Waals surface area contributed by atoms with Crippen LogP contribution < -0.4 is 10.6 Å². The minimum absolute atomic E-state index is 0.137. The monoisotopic (exact) mass is 263 g/mol. The molecular weight excluding hydrogens is 238 g/mol. The van der Waals surface area contributed by atoms with E-state index in [0.29, 0.717) is 5.92 Å². The summed E-state index contributed by atoms with van der Waals surface area (Å²) in [5, 5.41) is 8.74. The molecule has 1 aliphatic rings. The van der Waals surface area contributed by atoms with Crippen LogP contribution in [0.25, 0.3) is 0 Å². The third-order valence-electron chi connectivity index (χ3n) is 3.67. The van der Waals surface area contributed by atoms with Crippen molar-refractivity contribution in [3.05, 3.63) is 17.8 Å². The fraction of sp³-hybridized carbons (Fsp3) is 0.714. The lowest BCUT2D eigenvalue weighted by molar-refractivity contribution is 0.248. The van der Waals surface area contributed by atoms with Crippen molar-refractivity contribution >= 4 is 5.82 Å². The first-order valence-electron chi connectivity index (χ1n) is 7.05. The van der Waals surface area contributed by atoms with Crippen molar-refractivity contribution in [2.75, 3.05) is 38.6 Å². The highest BCUT2D eigenvalue weighted by Gasteiger charge is 2.20. The molecular formula is C14H25N5. The fourth-order valence-electron chi connectivity index (χ4n) is 2.69. The van der Waals surface area contributed by atoms with E-state index in [2.05, 4.69) is 39.2 Å². The van der Waals surface area contributed by atoms with Crippen molar-refractivity contribution in [3.63, 3.8) is 0 Å². The standard InChI is InChI=1S/C14H25N5/c1-11(15)9-19(3)14-7-6-13(16-17-14)12-5-4-8-18(2)10-12/h6-7,11-12H,4-5,8-10,15H2,1-3H3. The van der Waals surface area contributed by atoms with Crippen LogP contribution in [0.2, 0.25) is 0 Å². The minimum Gasteiger partial charge on any atom is -0.357 e. The lowest BCUT2D eigenvalue weighted by atomic mass is 9.95. The van der Waals surface area contributed by atoms with Gasteiger partial charge in [0.15, 0.2) is 5.82 Å². The first-order valence-corrected chi connectivity index (χ1v) is 7.05. The van der Waals surface area contributed by atoms with Gasteiger partial charge in [-0.1, -0.05) is 0 Å². The van der Waals surface area contributed by atoms with Gasteiger partial charge < -0.3 is 15.5 Å². The average Bonchev–Trinajstić information content (AvgIpc) is 2.38. The van der Waals surface area contributed by atoms with E-state index >= 15 is 0 Å². The molecule has 5 heteroatoms. The maximum atomic E-state index is 5.80. The number of rotatable bonds is 4. The number of anilines is 1. The summed E-state index contributed by atoms with van der Waals surface area (Å²) < 4.78 is 0. The third-order valence-corrected chi connectivity index (χ3v) is 3.67. The van der Waals surface area contributed by atoms with E-state index in [9.17, 15) is 0 Å². The minimum atomic E-state index is 0.137. The van der Waals surface area contributed by atoms with Gasteiger partial charge in [-0.3, -0.25) is 0 Å². The number of likely N-dealkylation sites (tertiary alicyclic amines) is 1. The number of aromatic nitrogens is 2. The molecule has 0 aliphatic carbocycles. The molecule has 2 atom stereocenters. The Balaban J connectivity index is 2.01. The molecule has 2 N–H and O–H groups in total. The van der Waals surface area contributed by atoms with Crippen LogP contribution in [-0.4, -0.2) is 54.9 Å². The Hall–Kier alpha value is -1.20. The molecule has 2 rings (SSSR count). The first-order chi connectivity index (χ1) is 9.06. The molecule has 0 bridgehead atoms. The van der Waals surface area contributed by atoms with Crippen molar-refractivity contribution in [2.24, 2.45) is 5.73 Å². The van der Waals surface area contributed by atoms with Crippen LogP contribution in [0.15, 0.2) is 12.1 Å². The van der Waals surface area contributed by atoms with Crippen LogP contribution in [0.3, 0.4) is 0 Å². The second-order valence-electron chi connectivity index (χ2n) is 5.78. The quantitative estimate of drug-likeness (QED) is 0.880. The largest absolute Gasteiger partial charge is 0.357 e. The number of nitrogens with two attached hydrogens (primary N) is 1. The van der Waals surface area contributed by atoms with Crippen LogP contribution in [0.4, 0.5) is 5.82 Å². The van der Waals surface area contributed by atoms with Crippen LogP contribution in [-0.2, 0) is 0 Å². The summed E-state index contributed by atoms with van der Waals surface area (Å²) in [6.07, 6.45) is 2.46. The Morgan fingerprint density at radius 2 is 2.26 bits per heavy atom. The molecule has 0 amide bonds. The molecule has 1 fully saturated rings. The lowest BCUT2D eigenvalue weighted by Crippen LogP contribution is -2.33. The second kappa shape index (κ2) is 6.30. The van der Waals surface area contributed by atoms with Crippen LogP contribution in [0.5, 0.6) is 0 Å². The molecule has 106 valence electrons. The highest BCUT2D eigenvalue weighted by molar-refractivity contribution is 5.36. The van der Waals surface area contributed by atoms with Crippen LogP contribution >= 0.6 is 0 Å². The smallest absolute Gasteiger partial charge is 0.151 e. The van der Waals surface area contributed by atoms with Gasteiger partial charge in [0.2, 0.25) is 0 Å². The molecule has 19 heavy (non-hydrogen) atoms. The number of hydrogen-bond acceptors (Lipinski definition) is 5. The number of hydrogen-bond donors (Lipinski definition) is 1. The zero-order valence-electron chi connectivity index (χ0n) is 12.2. The van der Waals surface area contributed by atoms with Gasteiger partial charge >= 0.3 is 0 Å². The predicted octanol–water partition coefficient (Wildman–Crippen LogP) is 1.07. The van der Waals surface area contributed by atoms with Gasteiger partial charge in [0, 0.05) is 32.1 Å². The predicted molar refractivity (Wildman–Crippen MR) is 78.4 cm³/mol. The Bertz CT molecular complexity index is 389. The number of likely N-dealkylation sites (N-methyl/N-ethyl adjacent to an activating group) is 2. The Morgan fingerprint density at radius 1 is 1.47 bits per heavy atom. The van der Waals surface area contributed by atoms with E-state index in [1.165, 1.54) is 19.4 Å². The zero-order chi connectivity index (χ0) is 13.8. The summed E-state index contributed by atoms with van der Waals surface area (Å²) in [6.45, 7) is 5.07. The molecule has 0 radical (unpaired) electrons. The maximum Gasteiger partial charge on any atom is 0.151 e. The lowest BCUT2D eigenvalue weighted by Gasteiger charge is -2.29. The first kappa shape index (κ1) is 14.2. The molecule has 2 heterocycles. The van der Waals surface area contributed by atoms with Crippen molar-refractivity contribution < 1.29 is 0 Å². The molecule has 5 nitrogen and oxygen atoms in total. The van der Waals surface area contributed by atoms with E-state index in [0.717, 1.165) is 24.6 Å². The van der Waals surface area contributed by atoms with Crippen molar-refractivity contribution in [1.82, 2.24) is 15.1 Å². The average molecular weight is 263 g/mol. The van der Waals surface area contributed by atoms with Crippen LogP contribution in [0.1, 0.15) is 31.4 Å². The zero-order valence-corrected chi connectivity index (χ0v) is 12.2. The van der Waals surface area contributed by atoms with E-state index in [-0.39, 0.29) is 6.04 Å². The Kier molecular flexibility index (Phi) is 4.71. The molecule has 0 spiro atoms. The normalized spacial score (nSPS) is 22.2. The Morgan fingerprint density at radius 3 is 2.84 bits per heavy atom. The van der Waals surface area contributed by atoms with Gasteiger partial charge in [0.1, 0.15) is 0 Å². The number of nitrogens with zero attached hydrogens (tertiary/aromatic N) is 4. The van der Waals surface area contributed by atoms with Crippen molar-refractivity contribution in [1.29, 1.82) is 0 Å². The second-order valence-corrected chi connectivity index (χ2v) is 5.78. The Labute approximate surface area is 115 Å². The topological polar surface area (TPSA) is 58.3 Å². The summed E-state index contributed by atoms with van der Waals surface area (Å²) >= 11 is 0. The van der Waals surface area contributed by atoms with Gasteiger partial charge in [-0.05, 0) is 45.5 Å². The van der Waals surface area contributed by atoms with Gasteiger partial charge in [-0.2, -0.15) is 5.10 Å². The van der Waals surface area contributed by atoms with Gasteiger partial charge in [0.25, 0.3) is 0 Å². The van der Waals surface area contributed by atoms with E-state index in [1.54, 1.807) is 0 Å². The SMILES string of the molecule is CC(N)CN(C)c1ccc(C2CCCN(C)C2)nn1. The van der Waals surface area contributed by atoms with Crippen molar-refractivity contribution in [3.8, 4) is 0 Å². The highest BCUT2D eigenvalue weighted by Crippen LogP contribution is 2.24. The van der Waals surface area contributed by atoms with E-state index < -0.39 is 0 Å². The maximum absolute atomic E-state index is 5.80. The number of piperidine rings is 1. The molecule has 1 aromatic rings. The van der Waals surface area contributed by atoms with E-state index in [1.807, 2.05) is 14.0 Å². The molecule has 1 saturated heterocycles. The van der Waals surface area contributed by atoms with Gasteiger partial charge in [-0.25, -0.2) is 0 Å².